The van der Waals surface area contributed by atoms with Gasteiger partial charge in [0.25, 0.3) is 0 Å². The quantitative estimate of drug-likeness (QED) is 0.597. The Bertz CT molecular complexity index is 464. The third-order valence-electron chi connectivity index (χ3n) is 3.25. The second-order valence-electron chi connectivity index (χ2n) is 6.54. The molecular weight excluding hydrogens is 274 g/mol. The van der Waals surface area contributed by atoms with E-state index in [-0.39, 0.29) is 11.5 Å². The van der Waals surface area contributed by atoms with Gasteiger partial charge in [-0.2, -0.15) is 0 Å². The summed E-state index contributed by atoms with van der Waals surface area (Å²) in [5, 5.41) is 4.24. The molecular formula is C15H22ClNOSi. The highest BCUT2D eigenvalue weighted by molar-refractivity contribution is 6.76. The first-order valence-corrected chi connectivity index (χ1v) is 10.9. The van der Waals surface area contributed by atoms with E-state index in [4.69, 9.17) is 16.4 Å². The summed E-state index contributed by atoms with van der Waals surface area (Å²) in [6.45, 7) is 9.11. The fraction of sp³-hybridized carbons (Fsp3) is 0.533. The van der Waals surface area contributed by atoms with Gasteiger partial charge in [0, 0.05) is 20.1 Å². The van der Waals surface area contributed by atoms with E-state index >= 15 is 0 Å². The fourth-order valence-electron chi connectivity index (χ4n) is 2.34. The number of hydrogen-bond donors (Lipinski definition) is 0. The van der Waals surface area contributed by atoms with Crippen LogP contribution in [0.25, 0.3) is 0 Å². The average Bonchev–Trinajstić information content (AvgIpc) is 2.29. The second-order valence-corrected chi connectivity index (χ2v) is 12.6. The Labute approximate surface area is 121 Å². The van der Waals surface area contributed by atoms with Crippen LogP contribution < -0.4 is 0 Å². The number of hydrogen-bond acceptors (Lipinski definition) is 2. The van der Waals surface area contributed by atoms with Gasteiger partial charge >= 0.3 is 0 Å². The molecule has 2 rings (SSSR count). The third-order valence-corrected chi connectivity index (χ3v) is 5.32. The SMILES string of the molecule is Cc1ccc(C2=NO[C@H](C[Si](C)(C)C)C[C@H]2Cl)cc1. The molecule has 0 amide bonds. The molecule has 2 nitrogen and oxygen atoms in total. The van der Waals surface area contributed by atoms with E-state index < -0.39 is 8.07 Å². The maximum absolute atomic E-state index is 6.49. The molecule has 1 aromatic rings. The Morgan fingerprint density at radius 1 is 1.26 bits per heavy atom. The van der Waals surface area contributed by atoms with Crippen LogP contribution in [0.5, 0.6) is 0 Å². The molecule has 0 saturated heterocycles. The van der Waals surface area contributed by atoms with E-state index in [0.29, 0.717) is 0 Å². The molecule has 19 heavy (non-hydrogen) atoms. The van der Waals surface area contributed by atoms with Crippen molar-refractivity contribution in [3.63, 3.8) is 0 Å². The molecule has 1 heterocycles. The molecule has 4 heteroatoms. The van der Waals surface area contributed by atoms with Crippen molar-refractivity contribution >= 4 is 25.4 Å². The Morgan fingerprint density at radius 2 is 1.89 bits per heavy atom. The van der Waals surface area contributed by atoms with Gasteiger partial charge in [0.15, 0.2) is 0 Å². The molecule has 0 aliphatic carbocycles. The van der Waals surface area contributed by atoms with Gasteiger partial charge in [-0.15, -0.1) is 11.6 Å². The van der Waals surface area contributed by atoms with Crippen LogP contribution in [0, 0.1) is 6.92 Å². The van der Waals surface area contributed by atoms with Crippen molar-refractivity contribution in [1.82, 2.24) is 0 Å². The number of halogens is 1. The highest BCUT2D eigenvalue weighted by Gasteiger charge is 2.30. The minimum atomic E-state index is -1.14. The van der Waals surface area contributed by atoms with Crippen LogP contribution in [-0.2, 0) is 4.84 Å². The van der Waals surface area contributed by atoms with Gasteiger partial charge in [-0.3, -0.25) is 0 Å². The number of aryl methyl sites for hydroxylation is 1. The minimum absolute atomic E-state index is 0.0437. The van der Waals surface area contributed by atoms with Crippen molar-refractivity contribution in [2.45, 2.75) is 50.5 Å². The second kappa shape index (κ2) is 5.67. The smallest absolute Gasteiger partial charge is 0.127 e. The van der Waals surface area contributed by atoms with Crippen LogP contribution in [0.2, 0.25) is 25.7 Å². The highest BCUT2D eigenvalue weighted by Crippen LogP contribution is 2.26. The molecule has 1 aromatic carbocycles. The molecule has 1 aliphatic rings. The molecule has 0 aromatic heterocycles. The molecule has 104 valence electrons. The first-order chi connectivity index (χ1) is 8.85. The van der Waals surface area contributed by atoms with Crippen molar-refractivity contribution in [2.75, 3.05) is 0 Å². The third kappa shape index (κ3) is 4.08. The molecule has 0 unspecified atom stereocenters. The largest absolute Gasteiger partial charge is 0.392 e. The zero-order valence-corrected chi connectivity index (χ0v) is 13.9. The molecule has 0 saturated carbocycles. The molecule has 0 bridgehead atoms. The molecule has 1 aliphatic heterocycles. The summed E-state index contributed by atoms with van der Waals surface area (Å²) >= 11 is 6.49. The summed E-state index contributed by atoms with van der Waals surface area (Å²) in [6.07, 6.45) is 1.04. The van der Waals surface area contributed by atoms with E-state index in [1.54, 1.807) is 0 Å². The number of nitrogens with zero attached hydrogens (tertiary/aromatic N) is 1. The Morgan fingerprint density at radius 3 is 2.42 bits per heavy atom. The summed E-state index contributed by atoms with van der Waals surface area (Å²) in [4.78, 5) is 5.66. The lowest BCUT2D eigenvalue weighted by Gasteiger charge is -2.28. The van der Waals surface area contributed by atoms with Crippen LogP contribution >= 0.6 is 11.6 Å². The summed E-state index contributed by atoms with van der Waals surface area (Å²) in [5.74, 6) is 0. The lowest BCUT2D eigenvalue weighted by molar-refractivity contribution is 0.0573. The average molecular weight is 296 g/mol. The van der Waals surface area contributed by atoms with E-state index in [2.05, 4.69) is 56.0 Å². The first kappa shape index (κ1) is 14.6. The lowest BCUT2D eigenvalue weighted by atomic mass is 10.0. The van der Waals surface area contributed by atoms with Crippen molar-refractivity contribution in [2.24, 2.45) is 5.16 Å². The highest BCUT2D eigenvalue weighted by atomic mass is 35.5. The number of rotatable bonds is 3. The van der Waals surface area contributed by atoms with E-state index in [1.807, 2.05) is 0 Å². The zero-order chi connectivity index (χ0) is 14.0. The normalized spacial score (nSPS) is 23.7. The van der Waals surface area contributed by atoms with Crippen LogP contribution in [0.15, 0.2) is 29.4 Å². The van der Waals surface area contributed by atoms with E-state index in [9.17, 15) is 0 Å². The number of benzene rings is 1. The van der Waals surface area contributed by atoms with Crippen LogP contribution in [0.3, 0.4) is 0 Å². The first-order valence-electron chi connectivity index (χ1n) is 6.80. The topological polar surface area (TPSA) is 21.6 Å². The maximum Gasteiger partial charge on any atom is 0.127 e. The molecule has 0 N–H and O–H groups in total. The van der Waals surface area contributed by atoms with Crippen LogP contribution in [0.1, 0.15) is 17.5 Å². The Balaban J connectivity index is 2.10. The Hall–Kier alpha value is -0.803. The predicted octanol–water partition coefficient (Wildman–Crippen LogP) is 4.43. The van der Waals surface area contributed by atoms with Gasteiger partial charge in [0.2, 0.25) is 0 Å². The van der Waals surface area contributed by atoms with Gasteiger partial charge in [-0.05, 0) is 13.0 Å². The monoisotopic (exact) mass is 295 g/mol. The fourth-order valence-corrected chi connectivity index (χ4v) is 4.31. The van der Waals surface area contributed by atoms with Gasteiger partial charge in [-0.1, -0.05) is 54.6 Å². The maximum atomic E-state index is 6.49. The molecule has 0 spiro atoms. The standard InChI is InChI=1S/C15H22ClNOSi/c1-11-5-7-12(8-6-11)15-14(16)9-13(18-17-15)10-19(2,3)4/h5-8,13-14H,9-10H2,1-4H3/t13-,14+/m0/s1. The zero-order valence-electron chi connectivity index (χ0n) is 12.1. The van der Waals surface area contributed by atoms with Crippen LogP contribution in [0.4, 0.5) is 0 Å². The van der Waals surface area contributed by atoms with Gasteiger partial charge in [0.05, 0.1) is 5.38 Å². The van der Waals surface area contributed by atoms with Gasteiger partial charge in [-0.25, -0.2) is 0 Å². The molecule has 0 fully saturated rings. The van der Waals surface area contributed by atoms with Crippen LogP contribution in [-0.4, -0.2) is 25.3 Å². The van der Waals surface area contributed by atoms with Crippen molar-refractivity contribution in [1.29, 1.82) is 0 Å². The minimum Gasteiger partial charge on any atom is -0.392 e. The van der Waals surface area contributed by atoms with E-state index in [1.165, 1.54) is 5.56 Å². The van der Waals surface area contributed by atoms with Crippen molar-refractivity contribution in [3.05, 3.63) is 35.4 Å². The summed E-state index contributed by atoms with van der Waals surface area (Å²) in [6, 6.07) is 9.39. The van der Waals surface area contributed by atoms with Crippen molar-refractivity contribution < 1.29 is 4.84 Å². The number of alkyl halides is 1. The molecule has 2 atom stereocenters. The summed E-state index contributed by atoms with van der Waals surface area (Å²) in [5.41, 5.74) is 3.18. The Kier molecular flexibility index (Phi) is 4.36. The molecule has 0 radical (unpaired) electrons. The van der Waals surface area contributed by atoms with Crippen molar-refractivity contribution in [3.8, 4) is 0 Å². The van der Waals surface area contributed by atoms with Gasteiger partial charge in [0.1, 0.15) is 11.8 Å². The van der Waals surface area contributed by atoms with Gasteiger partial charge < -0.3 is 4.84 Å². The number of oxime groups is 1. The lowest BCUT2D eigenvalue weighted by Crippen LogP contribution is -2.34. The predicted molar refractivity (Wildman–Crippen MR) is 85.0 cm³/mol. The van der Waals surface area contributed by atoms with E-state index in [0.717, 1.165) is 23.7 Å². The summed E-state index contributed by atoms with van der Waals surface area (Å²) < 4.78 is 0. The summed E-state index contributed by atoms with van der Waals surface area (Å²) in [7, 11) is -1.14.